The van der Waals surface area contributed by atoms with Crippen molar-refractivity contribution < 1.29 is 34.5 Å². The van der Waals surface area contributed by atoms with Crippen LogP contribution in [0.15, 0.2) is 46.8 Å². The lowest BCUT2D eigenvalue weighted by Gasteiger charge is -2.49. The van der Waals surface area contributed by atoms with Gasteiger partial charge in [-0.1, -0.05) is 67.8 Å². The molecule has 0 spiro atoms. The number of aliphatic carboxylic acids is 2. The number of hydrogen-bond donors (Lipinski definition) is 4. The number of amides is 2. The molecule has 2 aromatic rings. The van der Waals surface area contributed by atoms with Crippen molar-refractivity contribution in [1.82, 2.24) is 30.4 Å². The lowest BCUT2D eigenvalue weighted by atomic mass is 10.0. The Hall–Kier alpha value is -3.43. The van der Waals surface area contributed by atoms with Crippen LogP contribution in [0.1, 0.15) is 56.6 Å². The zero-order valence-electron chi connectivity index (χ0n) is 22.2. The zero-order valence-corrected chi connectivity index (χ0v) is 23.9. The van der Waals surface area contributed by atoms with Gasteiger partial charge in [0.2, 0.25) is 5.16 Å². The normalized spacial score (nSPS) is 19.0. The number of nitrogens with zero attached hydrogens (tertiary/aromatic N) is 5. The Morgan fingerprint density at radius 2 is 1.78 bits per heavy atom. The van der Waals surface area contributed by atoms with E-state index in [2.05, 4.69) is 20.8 Å². The molecule has 0 aliphatic carbocycles. The van der Waals surface area contributed by atoms with Crippen molar-refractivity contribution in [3.63, 3.8) is 0 Å². The quantitative estimate of drug-likeness (QED) is 0.124. The number of rotatable bonds is 16. The molecule has 3 atom stereocenters. The average Bonchev–Trinajstić information content (AvgIpc) is 3.42. The molecule has 4 N–H and O–H groups in total. The number of carboxylic acids is 2. The molecule has 2 amide bonds. The summed E-state index contributed by atoms with van der Waals surface area (Å²) in [6.45, 7) is 0.604. The van der Waals surface area contributed by atoms with Crippen LogP contribution in [0.5, 0.6) is 0 Å². The molecule has 1 aromatic carbocycles. The maximum Gasteiger partial charge on any atom is 0.352 e. The van der Waals surface area contributed by atoms with Gasteiger partial charge in [0, 0.05) is 24.5 Å². The highest BCUT2D eigenvalue weighted by molar-refractivity contribution is 8.01. The predicted octanol–water partition coefficient (Wildman–Crippen LogP) is 2.05. The SMILES string of the molecule is O=C(O)CCCCCCCCn1nnnc1SCC1=C(C(=O)O)N2C(=O)C(NC(=O)[C@H](O)c3ccccc3)[C@H]2SC1. The summed E-state index contributed by atoms with van der Waals surface area (Å²) in [4.78, 5) is 49.5. The number of aliphatic hydroxyl groups excluding tert-OH is 1. The van der Waals surface area contributed by atoms with Crippen LogP contribution < -0.4 is 5.32 Å². The predicted molar refractivity (Wildman–Crippen MR) is 150 cm³/mol. The Labute approximate surface area is 244 Å². The van der Waals surface area contributed by atoms with Gasteiger partial charge in [0.15, 0.2) is 6.10 Å². The van der Waals surface area contributed by atoms with E-state index in [4.69, 9.17) is 5.11 Å². The molecule has 220 valence electrons. The van der Waals surface area contributed by atoms with Crippen LogP contribution in [0.3, 0.4) is 0 Å². The van der Waals surface area contributed by atoms with Gasteiger partial charge in [-0.3, -0.25) is 19.3 Å². The molecule has 1 saturated heterocycles. The van der Waals surface area contributed by atoms with E-state index in [1.54, 1.807) is 35.0 Å². The van der Waals surface area contributed by atoms with Crippen molar-refractivity contribution in [2.24, 2.45) is 0 Å². The second-order valence-corrected chi connectivity index (χ2v) is 11.8. The lowest BCUT2D eigenvalue weighted by molar-refractivity contribution is -0.151. The first-order valence-electron chi connectivity index (χ1n) is 13.3. The molecule has 1 fully saturated rings. The average molecular weight is 605 g/mol. The monoisotopic (exact) mass is 604 g/mol. The summed E-state index contributed by atoms with van der Waals surface area (Å²) >= 11 is 2.65. The topological polar surface area (TPSA) is 188 Å². The molecule has 41 heavy (non-hydrogen) atoms. The van der Waals surface area contributed by atoms with Crippen molar-refractivity contribution in [2.45, 2.75) is 74.2 Å². The minimum atomic E-state index is -1.44. The summed E-state index contributed by atoms with van der Waals surface area (Å²) in [7, 11) is 0. The first-order valence-corrected chi connectivity index (χ1v) is 15.4. The number of aliphatic hydroxyl groups is 1. The maximum atomic E-state index is 12.9. The van der Waals surface area contributed by atoms with Crippen molar-refractivity contribution >= 4 is 47.3 Å². The van der Waals surface area contributed by atoms with E-state index in [0.29, 0.717) is 35.0 Å². The number of thioether (sulfide) groups is 2. The van der Waals surface area contributed by atoms with Gasteiger partial charge in [-0.2, -0.15) is 0 Å². The number of benzene rings is 1. The number of aromatic nitrogens is 4. The van der Waals surface area contributed by atoms with Gasteiger partial charge in [-0.25, -0.2) is 9.48 Å². The largest absolute Gasteiger partial charge is 0.481 e. The first kappa shape index (κ1) is 30.5. The molecule has 1 unspecified atom stereocenters. The Bertz CT molecular complexity index is 1290. The van der Waals surface area contributed by atoms with Crippen molar-refractivity contribution in [2.75, 3.05) is 11.5 Å². The highest BCUT2D eigenvalue weighted by Gasteiger charge is 2.54. The number of β-lactam (4-membered cyclic amide) rings is 1. The molecule has 15 heteroatoms. The third-order valence-electron chi connectivity index (χ3n) is 6.80. The minimum absolute atomic E-state index is 0.0951. The van der Waals surface area contributed by atoms with Crippen LogP contribution in [0.2, 0.25) is 0 Å². The fourth-order valence-corrected chi connectivity index (χ4v) is 7.04. The number of tetrazole rings is 1. The Morgan fingerprint density at radius 1 is 1.07 bits per heavy atom. The van der Waals surface area contributed by atoms with E-state index in [9.17, 15) is 29.4 Å². The van der Waals surface area contributed by atoms with Crippen LogP contribution in [0.25, 0.3) is 0 Å². The van der Waals surface area contributed by atoms with Gasteiger partial charge < -0.3 is 20.6 Å². The summed E-state index contributed by atoms with van der Waals surface area (Å²) < 4.78 is 1.67. The molecule has 0 radical (unpaired) electrons. The maximum absolute atomic E-state index is 12.9. The summed E-state index contributed by atoms with van der Waals surface area (Å²) in [5.41, 5.74) is 0.857. The van der Waals surface area contributed by atoms with Gasteiger partial charge in [0.1, 0.15) is 17.1 Å². The Morgan fingerprint density at radius 3 is 2.49 bits per heavy atom. The van der Waals surface area contributed by atoms with E-state index in [0.717, 1.165) is 32.1 Å². The number of unbranched alkanes of at least 4 members (excludes halogenated alkanes) is 5. The molecule has 4 rings (SSSR count). The van der Waals surface area contributed by atoms with Gasteiger partial charge in [-0.05, 0) is 34.4 Å². The van der Waals surface area contributed by atoms with Crippen LogP contribution in [0, 0.1) is 0 Å². The third-order valence-corrected chi connectivity index (χ3v) is 9.18. The van der Waals surface area contributed by atoms with E-state index in [-0.39, 0.29) is 17.9 Å². The van der Waals surface area contributed by atoms with Crippen LogP contribution >= 0.6 is 23.5 Å². The zero-order chi connectivity index (χ0) is 29.4. The molecular weight excluding hydrogens is 572 g/mol. The molecule has 3 heterocycles. The van der Waals surface area contributed by atoms with E-state index in [1.807, 2.05) is 0 Å². The summed E-state index contributed by atoms with van der Waals surface area (Å²) in [5, 5.41) is 43.3. The molecule has 2 aliphatic rings. The summed E-state index contributed by atoms with van der Waals surface area (Å²) in [5.74, 6) is -2.63. The van der Waals surface area contributed by atoms with Gasteiger partial charge in [-0.15, -0.1) is 16.9 Å². The molecule has 1 aromatic heterocycles. The molecule has 0 saturated carbocycles. The summed E-state index contributed by atoms with van der Waals surface area (Å²) in [6.07, 6.45) is 4.12. The number of carboxylic acid groups (broad SMARTS) is 2. The Balaban J connectivity index is 1.29. The van der Waals surface area contributed by atoms with Gasteiger partial charge >= 0.3 is 11.9 Å². The van der Waals surface area contributed by atoms with Crippen LogP contribution in [-0.4, -0.2) is 87.1 Å². The highest BCUT2D eigenvalue weighted by atomic mass is 32.2. The van der Waals surface area contributed by atoms with Crippen molar-refractivity contribution in [1.29, 1.82) is 0 Å². The fraction of sp³-hybridized carbons (Fsp3) is 0.500. The number of fused-ring (bicyclic) bond motifs is 1. The number of carbonyl (C=O) groups is 4. The number of hydrogen-bond acceptors (Lipinski definition) is 10. The smallest absolute Gasteiger partial charge is 0.352 e. The van der Waals surface area contributed by atoms with Gasteiger partial charge in [0.05, 0.1) is 0 Å². The van der Waals surface area contributed by atoms with Crippen molar-refractivity contribution in [3.05, 3.63) is 47.2 Å². The lowest BCUT2D eigenvalue weighted by Crippen LogP contribution is -2.70. The highest BCUT2D eigenvalue weighted by Crippen LogP contribution is 2.41. The molecule has 13 nitrogen and oxygen atoms in total. The van der Waals surface area contributed by atoms with E-state index >= 15 is 0 Å². The van der Waals surface area contributed by atoms with Gasteiger partial charge in [0.25, 0.3) is 11.8 Å². The molecule has 2 aliphatic heterocycles. The van der Waals surface area contributed by atoms with E-state index < -0.39 is 41.3 Å². The van der Waals surface area contributed by atoms with Crippen LogP contribution in [-0.2, 0) is 25.7 Å². The second kappa shape index (κ2) is 14.5. The molecular formula is C26H32N6O7S2. The standard InChI is InChI=1S/C26H32N6O7S2/c33-18(34)12-8-3-1-2-4-9-13-31-26(28-29-30-31)41-15-17-14-40-24-19(23(37)32(24)20(17)25(38)39)27-22(36)21(35)16-10-6-5-7-11-16/h5-7,10-11,19,21,24,35H,1-4,8-9,12-15H2,(H,27,36)(H,33,34)(H,38,39)/t19?,21-,24-/m1/s1. The fourth-order valence-electron chi connectivity index (χ4n) is 4.65. The second-order valence-electron chi connectivity index (χ2n) is 9.70. The minimum Gasteiger partial charge on any atom is -0.481 e. The Kier molecular flexibility index (Phi) is 10.8. The number of carbonyl (C=O) groups excluding carboxylic acids is 2. The first-order chi connectivity index (χ1) is 19.8. The summed E-state index contributed by atoms with van der Waals surface area (Å²) in [6, 6.07) is 7.42. The third kappa shape index (κ3) is 7.65. The molecule has 0 bridgehead atoms. The number of aryl methyl sites for hydroxylation is 1. The van der Waals surface area contributed by atoms with Crippen LogP contribution in [0.4, 0.5) is 0 Å². The van der Waals surface area contributed by atoms with Crippen molar-refractivity contribution in [3.8, 4) is 0 Å². The van der Waals surface area contributed by atoms with E-state index in [1.165, 1.54) is 28.4 Å². The number of nitrogens with one attached hydrogen (secondary N) is 1.